The molecule has 0 saturated carbocycles. The van der Waals surface area contributed by atoms with Crippen LogP contribution in [-0.2, 0) is 65.6 Å². The van der Waals surface area contributed by atoms with Crippen LogP contribution in [0, 0.1) is 29.3 Å². The van der Waals surface area contributed by atoms with E-state index in [9.17, 15) is 12.9 Å². The Hall–Kier alpha value is -7.35. The van der Waals surface area contributed by atoms with Crippen LogP contribution in [0.4, 0.5) is 30.0 Å². The standard InChI is InChI=1S/3C18H28N.2C18H15P.C15H12.C15H10.C6H18NSi2.CH4.BF3.4ClH.FH.Li.2Ru/c3*1-7-14-10-9-11-15(8-2)16(14)19-13-17(3,4)12-18(19,5)6;2*1-4-10-16(11-5-1)19(17-12-6-2-7-13-17)18-14-8-3-9-15-18;2*1-2-6-12(7-3-1)15-11-10-13-8-4-5-9-14(13)15;1-8(2,3)7-9(4,5)6;;2-1(3)4;;;;;;;;/h3*9-11,13H,7-8,12H2,1-6H3;2*1-15H;1-9,15H,11H2;1-9,11H;1-6H3;1H4;;5*1H;;;/q2*-1;+1;;;;;-1;;;;;;;;+1;2*+2/p-3. The van der Waals surface area contributed by atoms with Crippen LogP contribution in [0.3, 0.4) is 0 Å². The van der Waals surface area contributed by atoms with Crippen molar-refractivity contribution in [3.05, 3.63) is 436 Å². The number of hydrogen-bond donors (Lipinski definition) is 0. The van der Waals surface area contributed by atoms with Crippen LogP contribution in [-0.4, -0.2) is 59.6 Å². The molecule has 2 fully saturated rings. The average Bonchev–Trinajstić information content (AvgIpc) is 1.60. The van der Waals surface area contributed by atoms with Gasteiger partial charge in [0, 0.05) is 59.3 Å². The molecule has 3 aliphatic heterocycles. The first-order valence-electron chi connectivity index (χ1n) is 51.0. The Morgan fingerprint density at radius 2 is 0.667 bits per heavy atom. The number of para-hydroxylation sites is 3. The SMILES string of the molecule is C.CCc1cccc(CC)c1N1[CH-]C(C)(C)CC1(C)C.CCc1cccc(CC)c1N1[CH-]C(C)(C)CC1(C)C.CCc1cccc(CC)c1[N+]1=CC(C)(C)CC1(C)C.C[Si](C)(C)[N-][Si](C)(C)C.FB(F)F.[Cl][Ru]([Cl])=[C]1C=C(c2ccccc2)c2ccccc21.[Cl][Ru]([Cl])=[C]1CC(c2ccccc2)c2ccccc21.[F-].[Li+].c1ccc([PH+](c2ccccc2)c2ccccc2)cc1.c1ccc([PH+](c2ccccc2)c2ccccc2)cc1. The molecular weight excluding hydrogens is 2140 g/mol. The molecule has 1 unspecified atom stereocenters. The molecule has 1 atom stereocenters. The van der Waals surface area contributed by atoms with Crippen LogP contribution in [0.1, 0.15) is 230 Å². The summed E-state index contributed by atoms with van der Waals surface area (Å²) in [4.78, 5) is 5.09. The topological polar surface area (TPSA) is 23.6 Å². The van der Waals surface area contributed by atoms with Crippen molar-refractivity contribution in [1.82, 2.24) is 0 Å². The van der Waals surface area contributed by atoms with Crippen LogP contribution >= 0.6 is 54.6 Å². The van der Waals surface area contributed by atoms with Gasteiger partial charge in [-0.15, -0.1) is 10.8 Å². The van der Waals surface area contributed by atoms with E-state index in [0.29, 0.717) is 5.92 Å². The van der Waals surface area contributed by atoms with Gasteiger partial charge in [-0.25, -0.2) is 13.1 Å². The molecule has 4 nitrogen and oxygen atoms in total. The first-order chi connectivity index (χ1) is 68.3. The number of rotatable bonds is 19. The normalized spacial score (nSPS) is 15.8. The maximum Gasteiger partial charge on any atom is 1.00 e. The zero-order valence-electron chi connectivity index (χ0n) is 91.0. The number of benzene rings is 13. The predicted molar refractivity (Wildman–Crippen MR) is 642 cm³/mol. The second-order valence-electron chi connectivity index (χ2n) is 43.3. The van der Waals surface area contributed by atoms with Gasteiger partial charge in [-0.1, -0.05) is 323 Å². The second kappa shape index (κ2) is 58.6. The number of aryl methyl sites for hydroxylation is 6. The summed E-state index contributed by atoms with van der Waals surface area (Å²) in [6.07, 6.45) is 15.8. The predicted octanol–water partition coefficient (Wildman–Crippen LogP) is 28.9. The quantitative estimate of drug-likeness (QED) is 0.0265. The maximum atomic E-state index is 9.67. The maximum absolute atomic E-state index is 9.67. The molecule has 13 aromatic carbocycles. The zero-order valence-corrected chi connectivity index (χ0v) is 101. The average molecular weight is 2300 g/mol. The van der Waals surface area contributed by atoms with Crippen LogP contribution in [0.5, 0.6) is 0 Å². The molecule has 13 aromatic rings. The Bertz CT molecular complexity index is 5870. The molecule has 0 radical (unpaired) electrons. The largest absolute Gasteiger partial charge is 1.00 e. The van der Waals surface area contributed by atoms with Gasteiger partial charge in [-0.05, 0) is 161 Å². The number of halogens is 8. The number of allylic oxidation sites excluding steroid dienone is 1. The molecule has 0 bridgehead atoms. The molecule has 0 spiro atoms. The fourth-order valence-corrected chi connectivity index (χ4v) is 39.9. The van der Waals surface area contributed by atoms with Gasteiger partial charge >= 0.3 is 267 Å². The van der Waals surface area contributed by atoms with Gasteiger partial charge in [0.1, 0.15) is 31.8 Å². The number of fused-ring (bicyclic) bond motifs is 2. The van der Waals surface area contributed by atoms with Crippen molar-refractivity contribution in [2.45, 2.75) is 258 Å². The van der Waals surface area contributed by atoms with Crippen LogP contribution in [0.25, 0.3) is 10.2 Å². The number of hydrogen-bond acceptors (Lipinski definition) is 2. The van der Waals surface area contributed by atoms with Gasteiger partial charge in [0.2, 0.25) is 5.69 Å². The molecular formula is C127H160BCl4F4LiN4P2Ru2Si2. The Morgan fingerprint density at radius 3 is 0.939 bits per heavy atom. The second-order valence-corrected chi connectivity index (χ2v) is 69.6. The van der Waals surface area contributed by atoms with Gasteiger partial charge in [-0.2, -0.15) is 4.58 Å². The summed E-state index contributed by atoms with van der Waals surface area (Å²) in [7, 11) is 17.2. The molecule has 147 heavy (non-hydrogen) atoms. The zero-order chi connectivity index (χ0) is 105. The Labute approximate surface area is 927 Å². The van der Waals surface area contributed by atoms with E-state index < -0.39 is 66.9 Å². The number of nitrogens with zero attached hydrogens (tertiary/aromatic N) is 4. The Balaban J connectivity index is 0.000000227. The summed E-state index contributed by atoms with van der Waals surface area (Å²) in [6, 6.07) is 123. The molecule has 2 saturated heterocycles. The first kappa shape index (κ1) is 127. The van der Waals surface area contributed by atoms with E-state index in [1.807, 2.05) is 24.3 Å². The van der Waals surface area contributed by atoms with Gasteiger partial charge in [0.15, 0.2) is 11.8 Å². The third-order valence-electron chi connectivity index (χ3n) is 26.0. The van der Waals surface area contributed by atoms with Crippen molar-refractivity contribution in [1.29, 1.82) is 0 Å². The molecule has 2 aliphatic carbocycles. The van der Waals surface area contributed by atoms with Crippen molar-refractivity contribution in [3.63, 3.8) is 0 Å². The van der Waals surface area contributed by atoms with Crippen molar-refractivity contribution in [3.8, 4) is 0 Å². The minimum Gasteiger partial charge on any atom is -1.00 e. The summed E-state index contributed by atoms with van der Waals surface area (Å²) in [5.74, 6) is 0.422. The molecule has 782 valence electrons. The van der Waals surface area contributed by atoms with Gasteiger partial charge < -0.3 is 19.2 Å². The van der Waals surface area contributed by atoms with Crippen molar-refractivity contribution in [2.75, 3.05) is 9.80 Å². The van der Waals surface area contributed by atoms with Crippen LogP contribution in [0.2, 0.25) is 39.3 Å². The fraction of sp³-hybridized carbons (Fsp3) is 0.331. The smallest absolute Gasteiger partial charge is 1.00 e. The summed E-state index contributed by atoms with van der Waals surface area (Å²) >= 11 is -3.68. The van der Waals surface area contributed by atoms with E-state index in [1.54, 1.807) is 0 Å². The Morgan fingerprint density at radius 1 is 0.381 bits per heavy atom. The fourth-order valence-electron chi connectivity index (χ4n) is 21.3. The van der Waals surface area contributed by atoms with E-state index >= 15 is 0 Å². The van der Waals surface area contributed by atoms with Crippen LogP contribution in [0.15, 0.2) is 352 Å². The molecule has 18 rings (SSSR count). The van der Waals surface area contributed by atoms with E-state index in [-0.39, 0.29) is 63.9 Å². The third kappa shape index (κ3) is 36.7. The molecule has 0 amide bonds. The monoisotopic (exact) mass is 2300 g/mol. The van der Waals surface area contributed by atoms with E-state index in [4.69, 9.17) is 43.4 Å². The number of anilines is 2. The van der Waals surface area contributed by atoms with E-state index in [1.165, 1.54) is 145 Å². The molecule has 5 aliphatic rings. The minimum atomic E-state index is -3.67. The van der Waals surface area contributed by atoms with Crippen LogP contribution < -0.4 is 65.2 Å². The van der Waals surface area contributed by atoms with Crippen molar-refractivity contribution >= 4 is 148 Å². The third-order valence-corrected chi connectivity index (χ3v) is 43.5. The molecule has 3 heterocycles. The van der Waals surface area contributed by atoms with Crippen molar-refractivity contribution in [2.24, 2.45) is 16.2 Å². The molecule has 20 heteroatoms. The Kier molecular flexibility index (Phi) is 50.5. The van der Waals surface area contributed by atoms with E-state index in [2.05, 4.69) is 525 Å². The minimum absolute atomic E-state index is 0. The van der Waals surface area contributed by atoms with Crippen molar-refractivity contribution < 1.29 is 68.1 Å². The van der Waals surface area contributed by atoms with Gasteiger partial charge in [-0.3, -0.25) is 12.9 Å². The molecule has 0 N–H and O–H groups in total. The van der Waals surface area contributed by atoms with E-state index in [0.717, 1.165) is 49.1 Å². The molecule has 0 aromatic heterocycles. The summed E-state index contributed by atoms with van der Waals surface area (Å²) in [5.41, 5.74) is 23.6. The van der Waals surface area contributed by atoms with Gasteiger partial charge in [0.05, 0.1) is 15.8 Å². The first-order valence-corrected chi connectivity index (χ1v) is 71.6. The van der Waals surface area contributed by atoms with Gasteiger partial charge in [0.25, 0.3) is 0 Å². The summed E-state index contributed by atoms with van der Waals surface area (Å²) in [6.45, 7) is 60.5. The summed E-state index contributed by atoms with van der Waals surface area (Å²) in [5, 5.41) is 8.61. The summed E-state index contributed by atoms with van der Waals surface area (Å²) < 4.78 is 38.8.